The van der Waals surface area contributed by atoms with Crippen molar-refractivity contribution in [3.05, 3.63) is 66.0 Å². The number of nitrogens with zero attached hydrogens (tertiary/aromatic N) is 2. The van der Waals surface area contributed by atoms with Gasteiger partial charge < -0.3 is 20.5 Å². The second-order valence-corrected chi connectivity index (χ2v) is 6.66. The van der Waals surface area contributed by atoms with Crippen molar-refractivity contribution in [3.8, 4) is 11.6 Å². The van der Waals surface area contributed by atoms with Gasteiger partial charge in [-0.15, -0.1) is 0 Å². The number of para-hydroxylation sites is 1. The van der Waals surface area contributed by atoms with E-state index >= 15 is 0 Å². The van der Waals surface area contributed by atoms with Crippen molar-refractivity contribution < 1.29 is 14.3 Å². The number of hydrogen-bond acceptors (Lipinski definition) is 7. The number of benzene rings is 2. The highest BCUT2D eigenvalue weighted by molar-refractivity contribution is 5.96. The molecular formula is C22H24N4O3. The summed E-state index contributed by atoms with van der Waals surface area (Å²) in [6.45, 7) is 6.30. The van der Waals surface area contributed by atoms with Crippen LogP contribution in [0.2, 0.25) is 0 Å². The summed E-state index contributed by atoms with van der Waals surface area (Å²) < 4.78 is 10.9. The molecule has 0 fully saturated rings. The number of nitrogen functional groups attached to an aromatic ring is 1. The monoisotopic (exact) mass is 392 g/mol. The molecule has 0 aliphatic rings. The number of esters is 1. The first-order chi connectivity index (χ1) is 14.0. The first-order valence-corrected chi connectivity index (χ1v) is 9.41. The number of aromatic nitrogens is 2. The minimum atomic E-state index is -0.426. The Labute approximate surface area is 169 Å². The maximum Gasteiger partial charge on any atom is 0.340 e. The van der Waals surface area contributed by atoms with Crippen LogP contribution in [0, 0.1) is 0 Å². The highest BCUT2D eigenvalue weighted by Gasteiger charge is 2.16. The van der Waals surface area contributed by atoms with Crippen LogP contribution in [-0.2, 0) is 4.74 Å². The lowest BCUT2D eigenvalue weighted by Crippen LogP contribution is -2.09. The van der Waals surface area contributed by atoms with Gasteiger partial charge in [0, 0.05) is 0 Å². The van der Waals surface area contributed by atoms with Gasteiger partial charge in [0.25, 0.3) is 0 Å². The molecule has 0 spiro atoms. The first-order valence-electron chi connectivity index (χ1n) is 9.41. The molecule has 0 aliphatic carbocycles. The van der Waals surface area contributed by atoms with E-state index in [1.54, 1.807) is 31.2 Å². The van der Waals surface area contributed by atoms with Crippen molar-refractivity contribution in [1.82, 2.24) is 9.97 Å². The topological polar surface area (TPSA) is 99.4 Å². The minimum absolute atomic E-state index is 0.230. The zero-order valence-corrected chi connectivity index (χ0v) is 16.7. The zero-order valence-electron chi connectivity index (χ0n) is 16.7. The Morgan fingerprint density at radius 2 is 1.83 bits per heavy atom. The summed E-state index contributed by atoms with van der Waals surface area (Å²) in [5.74, 6) is 1.20. The van der Waals surface area contributed by atoms with Crippen LogP contribution in [0.5, 0.6) is 11.6 Å². The largest absolute Gasteiger partial charge is 0.462 e. The summed E-state index contributed by atoms with van der Waals surface area (Å²) in [5.41, 5.74) is 8.58. The predicted molar refractivity (Wildman–Crippen MR) is 113 cm³/mol. The van der Waals surface area contributed by atoms with E-state index in [9.17, 15) is 4.79 Å². The molecule has 7 nitrogen and oxygen atoms in total. The molecule has 0 radical (unpaired) electrons. The maximum absolute atomic E-state index is 12.2. The fourth-order valence-corrected chi connectivity index (χ4v) is 2.70. The van der Waals surface area contributed by atoms with Gasteiger partial charge in [0.15, 0.2) is 5.82 Å². The minimum Gasteiger partial charge on any atom is -0.462 e. The molecule has 0 bridgehead atoms. The van der Waals surface area contributed by atoms with Crippen molar-refractivity contribution in [2.75, 3.05) is 17.7 Å². The summed E-state index contributed by atoms with van der Waals surface area (Å²) in [4.78, 5) is 20.5. The molecule has 0 aliphatic heterocycles. The Hall–Kier alpha value is -3.61. The van der Waals surface area contributed by atoms with Crippen LogP contribution < -0.4 is 15.8 Å². The SMILES string of the molecule is CCOC(=O)c1ccccc1Nc1ncnc(Oc2ccc(C(C)C)cc2)c1N. The molecule has 3 aromatic rings. The van der Waals surface area contributed by atoms with Crippen LogP contribution in [0.15, 0.2) is 54.9 Å². The van der Waals surface area contributed by atoms with Crippen LogP contribution in [0.4, 0.5) is 17.2 Å². The third-order valence-electron chi connectivity index (χ3n) is 4.28. The van der Waals surface area contributed by atoms with E-state index in [-0.39, 0.29) is 18.2 Å². The molecule has 1 heterocycles. The molecule has 1 aromatic heterocycles. The number of ether oxygens (including phenoxy) is 2. The zero-order chi connectivity index (χ0) is 20.8. The Balaban J connectivity index is 1.84. The van der Waals surface area contributed by atoms with E-state index in [2.05, 4.69) is 29.1 Å². The lowest BCUT2D eigenvalue weighted by Gasteiger charge is -2.14. The number of anilines is 3. The van der Waals surface area contributed by atoms with Gasteiger partial charge >= 0.3 is 5.97 Å². The molecule has 0 amide bonds. The molecule has 0 atom stereocenters. The second kappa shape index (κ2) is 9.05. The van der Waals surface area contributed by atoms with Gasteiger partial charge in [-0.05, 0) is 42.7 Å². The molecule has 2 aromatic carbocycles. The number of carbonyl (C=O) groups is 1. The van der Waals surface area contributed by atoms with Crippen LogP contribution in [0.1, 0.15) is 42.6 Å². The fraction of sp³-hybridized carbons (Fsp3) is 0.227. The van der Waals surface area contributed by atoms with Crippen LogP contribution in [0.25, 0.3) is 0 Å². The molecule has 29 heavy (non-hydrogen) atoms. The number of rotatable bonds is 7. The lowest BCUT2D eigenvalue weighted by molar-refractivity contribution is 0.0527. The van der Waals surface area contributed by atoms with Crippen molar-refractivity contribution in [1.29, 1.82) is 0 Å². The predicted octanol–water partition coefficient (Wildman–Crippen LogP) is 4.89. The molecule has 3 N–H and O–H groups in total. The Kier molecular flexibility index (Phi) is 6.29. The Morgan fingerprint density at radius 1 is 1.10 bits per heavy atom. The van der Waals surface area contributed by atoms with E-state index in [1.807, 2.05) is 24.3 Å². The number of carbonyl (C=O) groups excluding carboxylic acids is 1. The molecule has 0 saturated heterocycles. The van der Waals surface area contributed by atoms with Gasteiger partial charge in [-0.1, -0.05) is 38.1 Å². The second-order valence-electron chi connectivity index (χ2n) is 6.66. The summed E-state index contributed by atoms with van der Waals surface area (Å²) in [7, 11) is 0. The number of nitrogens with two attached hydrogens (primary N) is 1. The summed E-state index contributed by atoms with van der Waals surface area (Å²) >= 11 is 0. The van der Waals surface area contributed by atoms with Gasteiger partial charge in [-0.2, -0.15) is 4.98 Å². The molecule has 0 saturated carbocycles. The van der Waals surface area contributed by atoms with Gasteiger partial charge in [0.05, 0.1) is 17.9 Å². The van der Waals surface area contributed by atoms with Crippen LogP contribution in [0.3, 0.4) is 0 Å². The Bertz CT molecular complexity index is 988. The molecule has 150 valence electrons. The van der Waals surface area contributed by atoms with Gasteiger partial charge in [0.2, 0.25) is 5.88 Å². The van der Waals surface area contributed by atoms with Gasteiger partial charge in [-0.3, -0.25) is 0 Å². The normalized spacial score (nSPS) is 10.6. The smallest absolute Gasteiger partial charge is 0.340 e. The third kappa shape index (κ3) is 4.82. The quantitative estimate of drug-likeness (QED) is 0.552. The first kappa shape index (κ1) is 20.1. The van der Waals surface area contributed by atoms with Gasteiger partial charge in [-0.25, -0.2) is 9.78 Å². The molecule has 7 heteroatoms. The molecular weight excluding hydrogens is 368 g/mol. The average molecular weight is 392 g/mol. The van der Waals surface area contributed by atoms with Crippen molar-refractivity contribution in [2.45, 2.75) is 26.7 Å². The molecule has 0 unspecified atom stereocenters. The highest BCUT2D eigenvalue weighted by atomic mass is 16.5. The van der Waals surface area contributed by atoms with E-state index < -0.39 is 5.97 Å². The average Bonchev–Trinajstić information content (AvgIpc) is 2.72. The standard InChI is InChI=1S/C22H24N4O3/c1-4-28-22(27)17-7-5-6-8-18(17)26-20-19(23)21(25-13-24-20)29-16-11-9-15(10-12-16)14(2)3/h5-14H,4,23H2,1-3H3,(H,24,25,26). The van der Waals surface area contributed by atoms with Crippen LogP contribution in [-0.4, -0.2) is 22.5 Å². The third-order valence-corrected chi connectivity index (χ3v) is 4.28. The van der Waals surface area contributed by atoms with Crippen molar-refractivity contribution in [3.63, 3.8) is 0 Å². The van der Waals surface area contributed by atoms with Crippen LogP contribution >= 0.6 is 0 Å². The van der Waals surface area contributed by atoms with E-state index in [4.69, 9.17) is 15.2 Å². The van der Waals surface area contributed by atoms with E-state index in [1.165, 1.54) is 11.9 Å². The summed E-state index contributed by atoms with van der Waals surface area (Å²) in [6.07, 6.45) is 1.35. The lowest BCUT2D eigenvalue weighted by atomic mass is 10.0. The number of hydrogen-bond donors (Lipinski definition) is 2. The van der Waals surface area contributed by atoms with Gasteiger partial charge in [0.1, 0.15) is 17.8 Å². The van der Waals surface area contributed by atoms with E-state index in [0.717, 1.165) is 0 Å². The summed E-state index contributed by atoms with van der Waals surface area (Å²) in [6, 6.07) is 14.7. The van der Waals surface area contributed by atoms with Crippen molar-refractivity contribution >= 4 is 23.2 Å². The van der Waals surface area contributed by atoms with Crippen molar-refractivity contribution in [2.24, 2.45) is 0 Å². The number of nitrogens with one attached hydrogen (secondary N) is 1. The highest BCUT2D eigenvalue weighted by Crippen LogP contribution is 2.32. The summed E-state index contributed by atoms with van der Waals surface area (Å²) in [5, 5.41) is 3.07. The Morgan fingerprint density at radius 3 is 2.52 bits per heavy atom. The molecule has 3 rings (SSSR count). The fourth-order valence-electron chi connectivity index (χ4n) is 2.70. The maximum atomic E-state index is 12.2. The van der Waals surface area contributed by atoms with E-state index in [0.29, 0.717) is 28.7 Å².